The number of carbonyl (C=O) groups is 3. The van der Waals surface area contributed by atoms with Crippen molar-refractivity contribution < 1.29 is 19.1 Å². The van der Waals surface area contributed by atoms with E-state index in [1.165, 1.54) is 18.8 Å². The van der Waals surface area contributed by atoms with E-state index in [4.69, 9.17) is 4.74 Å². The van der Waals surface area contributed by atoms with Gasteiger partial charge in [-0.1, -0.05) is 31.5 Å². The first-order valence-corrected chi connectivity index (χ1v) is 9.00. The van der Waals surface area contributed by atoms with Gasteiger partial charge in [0, 0.05) is 26.0 Å². The molecular formula is C19H24N4O5. The van der Waals surface area contributed by atoms with Crippen molar-refractivity contribution in [2.24, 2.45) is 0 Å². The Morgan fingerprint density at radius 3 is 2.54 bits per heavy atom. The van der Waals surface area contributed by atoms with Gasteiger partial charge in [-0.25, -0.2) is 9.48 Å². The van der Waals surface area contributed by atoms with E-state index in [2.05, 4.69) is 10.4 Å². The Hall–Kier alpha value is -3.23. The molecule has 0 radical (unpaired) electrons. The van der Waals surface area contributed by atoms with Crippen LogP contribution in [0.5, 0.6) is 0 Å². The van der Waals surface area contributed by atoms with Crippen LogP contribution in [0.3, 0.4) is 0 Å². The molecular weight excluding hydrogens is 364 g/mol. The minimum Gasteiger partial charge on any atom is -0.451 e. The molecule has 1 N–H and O–H groups in total. The van der Waals surface area contributed by atoms with E-state index in [1.54, 1.807) is 24.3 Å². The third-order valence-electron chi connectivity index (χ3n) is 4.20. The second kappa shape index (κ2) is 9.63. The molecule has 0 spiro atoms. The molecule has 0 aliphatic carbocycles. The van der Waals surface area contributed by atoms with Crippen LogP contribution < -0.4 is 10.9 Å². The van der Waals surface area contributed by atoms with Crippen molar-refractivity contribution in [2.75, 3.05) is 27.2 Å². The van der Waals surface area contributed by atoms with Gasteiger partial charge in [0.05, 0.1) is 11.9 Å². The standard InChI is InChI=1S/C19H24N4O5/c1-4-5-10-23-18(26)14-9-7-6-8-13(14)17(21-23)19(27)28-12-16(25)22(3)11-15(24)20-2/h6-9H,4-5,10-12H2,1-3H3,(H,20,24). The van der Waals surface area contributed by atoms with Crippen molar-refractivity contribution in [3.63, 3.8) is 0 Å². The lowest BCUT2D eigenvalue weighted by molar-refractivity contribution is -0.137. The lowest BCUT2D eigenvalue weighted by Gasteiger charge is -2.16. The molecule has 0 fully saturated rings. The third-order valence-corrected chi connectivity index (χ3v) is 4.20. The summed E-state index contributed by atoms with van der Waals surface area (Å²) < 4.78 is 6.35. The Morgan fingerprint density at radius 1 is 1.21 bits per heavy atom. The van der Waals surface area contributed by atoms with E-state index in [9.17, 15) is 19.2 Å². The van der Waals surface area contributed by atoms with Gasteiger partial charge in [0.15, 0.2) is 12.3 Å². The fraction of sp³-hybridized carbons (Fsp3) is 0.421. The van der Waals surface area contributed by atoms with Gasteiger partial charge in [-0.05, 0) is 12.5 Å². The summed E-state index contributed by atoms with van der Waals surface area (Å²) in [6, 6.07) is 6.64. The van der Waals surface area contributed by atoms with Crippen LogP contribution in [0.25, 0.3) is 10.8 Å². The number of hydrogen-bond donors (Lipinski definition) is 1. The van der Waals surface area contributed by atoms with E-state index in [0.29, 0.717) is 17.3 Å². The Morgan fingerprint density at radius 2 is 1.89 bits per heavy atom. The highest BCUT2D eigenvalue weighted by molar-refractivity contribution is 6.02. The molecule has 28 heavy (non-hydrogen) atoms. The number of amides is 2. The van der Waals surface area contributed by atoms with Crippen LogP contribution in [0.4, 0.5) is 0 Å². The zero-order valence-electron chi connectivity index (χ0n) is 16.2. The number of esters is 1. The van der Waals surface area contributed by atoms with E-state index < -0.39 is 18.5 Å². The molecule has 0 atom stereocenters. The molecule has 2 aromatic rings. The number of fused-ring (bicyclic) bond motifs is 1. The van der Waals surface area contributed by atoms with Crippen molar-refractivity contribution in [1.82, 2.24) is 20.0 Å². The summed E-state index contributed by atoms with van der Waals surface area (Å²) in [6.07, 6.45) is 1.61. The summed E-state index contributed by atoms with van der Waals surface area (Å²) >= 11 is 0. The topological polar surface area (TPSA) is 111 Å². The molecule has 9 heteroatoms. The lowest BCUT2D eigenvalue weighted by Crippen LogP contribution is -2.39. The van der Waals surface area contributed by atoms with Gasteiger partial charge in [-0.15, -0.1) is 0 Å². The van der Waals surface area contributed by atoms with Gasteiger partial charge >= 0.3 is 5.97 Å². The van der Waals surface area contributed by atoms with Gasteiger partial charge < -0.3 is 15.0 Å². The van der Waals surface area contributed by atoms with E-state index in [-0.39, 0.29) is 23.7 Å². The third kappa shape index (κ3) is 4.93. The van der Waals surface area contributed by atoms with E-state index in [0.717, 1.165) is 17.7 Å². The maximum absolute atomic E-state index is 12.6. The molecule has 2 rings (SSSR count). The highest BCUT2D eigenvalue weighted by Gasteiger charge is 2.20. The monoisotopic (exact) mass is 388 g/mol. The Bertz CT molecular complexity index is 938. The van der Waals surface area contributed by atoms with Crippen LogP contribution in [0.2, 0.25) is 0 Å². The van der Waals surface area contributed by atoms with Gasteiger partial charge in [0.1, 0.15) is 0 Å². The number of nitrogens with one attached hydrogen (secondary N) is 1. The van der Waals surface area contributed by atoms with Crippen molar-refractivity contribution in [1.29, 1.82) is 0 Å². The highest BCUT2D eigenvalue weighted by atomic mass is 16.5. The zero-order valence-corrected chi connectivity index (χ0v) is 16.2. The number of aryl methyl sites for hydroxylation is 1. The maximum Gasteiger partial charge on any atom is 0.359 e. The molecule has 1 aromatic carbocycles. The first-order chi connectivity index (χ1) is 13.4. The van der Waals surface area contributed by atoms with Crippen LogP contribution in [-0.2, 0) is 20.9 Å². The van der Waals surface area contributed by atoms with E-state index in [1.807, 2.05) is 6.92 Å². The zero-order chi connectivity index (χ0) is 20.7. The highest BCUT2D eigenvalue weighted by Crippen LogP contribution is 2.14. The molecule has 0 saturated heterocycles. The van der Waals surface area contributed by atoms with Crippen LogP contribution in [0.1, 0.15) is 30.3 Å². The SMILES string of the molecule is CCCCn1nc(C(=O)OCC(=O)N(C)CC(=O)NC)c2ccccc2c1=O. The number of hydrogen-bond acceptors (Lipinski definition) is 6. The first kappa shape index (κ1) is 21.1. The molecule has 9 nitrogen and oxygen atoms in total. The van der Waals surface area contributed by atoms with Gasteiger partial charge in [0.2, 0.25) is 5.91 Å². The van der Waals surface area contributed by atoms with Crippen LogP contribution in [0, 0.1) is 0 Å². The Balaban J connectivity index is 2.22. The summed E-state index contributed by atoms with van der Waals surface area (Å²) in [5, 5.41) is 7.31. The summed E-state index contributed by atoms with van der Waals surface area (Å²) in [4.78, 5) is 49.6. The van der Waals surface area contributed by atoms with Gasteiger partial charge in [-0.3, -0.25) is 14.4 Å². The maximum atomic E-state index is 12.6. The van der Waals surface area contributed by atoms with E-state index >= 15 is 0 Å². The average Bonchev–Trinajstić information content (AvgIpc) is 2.71. The fourth-order valence-electron chi connectivity index (χ4n) is 2.53. The van der Waals surface area contributed by atoms with Crippen molar-refractivity contribution in [3.05, 3.63) is 40.3 Å². The van der Waals surface area contributed by atoms with Crippen molar-refractivity contribution in [3.8, 4) is 0 Å². The molecule has 0 aliphatic rings. The Kier molecular flexibility index (Phi) is 7.25. The Labute approximate surface area is 162 Å². The summed E-state index contributed by atoms with van der Waals surface area (Å²) in [6.45, 7) is 1.70. The largest absolute Gasteiger partial charge is 0.451 e. The lowest BCUT2D eigenvalue weighted by atomic mass is 10.1. The number of aromatic nitrogens is 2. The molecule has 1 heterocycles. The number of unbranched alkanes of at least 4 members (excludes halogenated alkanes) is 1. The predicted molar refractivity (Wildman–Crippen MR) is 103 cm³/mol. The smallest absolute Gasteiger partial charge is 0.359 e. The molecule has 0 aliphatic heterocycles. The van der Waals surface area contributed by atoms with Gasteiger partial charge in [-0.2, -0.15) is 5.10 Å². The van der Waals surface area contributed by atoms with Crippen LogP contribution in [-0.4, -0.2) is 59.7 Å². The van der Waals surface area contributed by atoms with Crippen LogP contribution >= 0.6 is 0 Å². The average molecular weight is 388 g/mol. The fourth-order valence-corrected chi connectivity index (χ4v) is 2.53. The summed E-state index contributed by atoms with van der Waals surface area (Å²) in [5.74, 6) is -1.67. The second-order valence-electron chi connectivity index (χ2n) is 6.28. The summed E-state index contributed by atoms with van der Waals surface area (Å²) in [5.41, 5.74) is -0.296. The van der Waals surface area contributed by atoms with Crippen molar-refractivity contribution in [2.45, 2.75) is 26.3 Å². The molecule has 2 amide bonds. The minimum atomic E-state index is -0.803. The summed E-state index contributed by atoms with van der Waals surface area (Å²) in [7, 11) is 2.90. The molecule has 150 valence electrons. The number of likely N-dealkylation sites (N-methyl/N-ethyl adjacent to an activating group) is 2. The predicted octanol–water partition coefficient (Wildman–Crippen LogP) is 0.558. The van der Waals surface area contributed by atoms with Gasteiger partial charge in [0.25, 0.3) is 11.5 Å². The number of rotatable bonds is 8. The number of carbonyl (C=O) groups excluding carboxylic acids is 3. The second-order valence-corrected chi connectivity index (χ2v) is 6.28. The number of benzene rings is 1. The molecule has 0 saturated carbocycles. The van der Waals surface area contributed by atoms with Crippen LogP contribution in [0.15, 0.2) is 29.1 Å². The molecule has 1 aromatic heterocycles. The number of ether oxygens (including phenoxy) is 1. The molecule has 0 bridgehead atoms. The minimum absolute atomic E-state index is 0.0203. The quantitative estimate of drug-likeness (QED) is 0.662. The first-order valence-electron chi connectivity index (χ1n) is 9.00. The van der Waals surface area contributed by atoms with Crippen molar-refractivity contribution >= 4 is 28.6 Å². The normalized spacial score (nSPS) is 10.5. The molecule has 0 unspecified atom stereocenters. The number of nitrogens with zero attached hydrogens (tertiary/aromatic N) is 3.